The minimum atomic E-state index is -0.331. The molecule has 1 N–H and O–H groups in total. The Morgan fingerprint density at radius 1 is 1.56 bits per heavy atom. The summed E-state index contributed by atoms with van der Waals surface area (Å²) in [6.45, 7) is 7.10. The van der Waals surface area contributed by atoms with Crippen LogP contribution in [0.15, 0.2) is 18.7 Å². The molecule has 0 radical (unpaired) electrons. The Morgan fingerprint density at radius 2 is 2.38 bits per heavy atom. The molecule has 1 unspecified atom stereocenters. The number of aromatic nitrogens is 2. The number of hydrogen-bond donors (Lipinski definition) is 1. The fourth-order valence-electron chi connectivity index (χ4n) is 2.63. The minimum absolute atomic E-state index is 0.246. The van der Waals surface area contributed by atoms with Crippen LogP contribution >= 0.6 is 0 Å². The van der Waals surface area contributed by atoms with Gasteiger partial charge in [0.25, 0.3) is 0 Å². The zero-order valence-corrected chi connectivity index (χ0v) is 10.1. The third-order valence-electron chi connectivity index (χ3n) is 3.46. The van der Waals surface area contributed by atoms with Crippen molar-refractivity contribution in [2.45, 2.75) is 33.1 Å². The minimum Gasteiger partial charge on any atom is -0.437 e. The van der Waals surface area contributed by atoms with Crippen molar-refractivity contribution < 1.29 is 5.02 Å². The summed E-state index contributed by atoms with van der Waals surface area (Å²) in [4.78, 5) is 6.23. The molecule has 2 heterocycles. The van der Waals surface area contributed by atoms with Crippen molar-refractivity contribution in [2.75, 3.05) is 13.1 Å². The van der Waals surface area contributed by atoms with E-state index in [1.807, 2.05) is 25.5 Å². The lowest BCUT2D eigenvalue weighted by Gasteiger charge is -2.41. The molecule has 0 aliphatic carbocycles. The molecule has 1 fully saturated rings. The molecule has 5 heteroatoms. The fraction of sp³-hybridized carbons (Fsp3) is 0.727. The van der Waals surface area contributed by atoms with Crippen LogP contribution in [0.4, 0.5) is 0 Å². The maximum Gasteiger partial charge on any atom is 0.376 e. The lowest BCUT2D eigenvalue weighted by Crippen LogP contribution is -2.49. The van der Waals surface area contributed by atoms with E-state index >= 15 is 0 Å². The summed E-state index contributed by atoms with van der Waals surface area (Å²) < 4.78 is 2.13. The molecule has 1 atom stereocenters. The molecule has 0 spiro atoms. The third kappa shape index (κ3) is 2.65. The molecule has 1 aliphatic heterocycles. The molecule has 0 amide bonds. The molecule has 88 valence electrons. The van der Waals surface area contributed by atoms with E-state index < -0.39 is 0 Å². The quantitative estimate of drug-likeness (QED) is 0.777. The second-order valence-corrected chi connectivity index (χ2v) is 5.25. The van der Waals surface area contributed by atoms with E-state index in [1.54, 1.807) is 0 Å². The molecule has 1 saturated heterocycles. The number of imidazole rings is 1. The Bertz CT molecular complexity index is 328. The second kappa shape index (κ2) is 4.59. The van der Waals surface area contributed by atoms with Gasteiger partial charge in [-0.15, -0.1) is 0 Å². The van der Waals surface area contributed by atoms with E-state index in [2.05, 4.69) is 21.3 Å². The van der Waals surface area contributed by atoms with Crippen molar-refractivity contribution >= 4 is 7.05 Å². The van der Waals surface area contributed by atoms with Gasteiger partial charge in [-0.3, -0.25) is 0 Å². The smallest absolute Gasteiger partial charge is 0.376 e. The highest BCUT2D eigenvalue weighted by molar-refractivity contribution is 6.45. The summed E-state index contributed by atoms with van der Waals surface area (Å²) in [5.74, 6) is 0. The molecular formula is C11H20BN3O. The van der Waals surface area contributed by atoms with Crippen molar-refractivity contribution in [1.29, 1.82) is 0 Å². The molecule has 0 bridgehead atoms. The Kier molecular flexibility index (Phi) is 3.35. The Labute approximate surface area is 97.4 Å². The van der Waals surface area contributed by atoms with Crippen molar-refractivity contribution in [2.24, 2.45) is 5.41 Å². The van der Waals surface area contributed by atoms with Crippen LogP contribution in [-0.2, 0) is 6.54 Å². The molecule has 4 nitrogen and oxygen atoms in total. The molecule has 2 rings (SSSR count). The van der Waals surface area contributed by atoms with Crippen LogP contribution in [0.1, 0.15) is 19.8 Å². The van der Waals surface area contributed by atoms with Crippen LogP contribution in [0, 0.1) is 5.41 Å². The van der Waals surface area contributed by atoms with E-state index in [0.29, 0.717) is 0 Å². The lowest BCUT2D eigenvalue weighted by atomic mass is 9.74. The SMILES string of the molecule is CB(O)N1CCCC(C)(Cn2ccnc2)C1. The monoisotopic (exact) mass is 221 g/mol. The predicted octanol–water partition coefficient (Wildman–Crippen LogP) is 1.10. The third-order valence-corrected chi connectivity index (χ3v) is 3.46. The van der Waals surface area contributed by atoms with Gasteiger partial charge < -0.3 is 14.4 Å². The Balaban J connectivity index is 2.01. The molecular weight excluding hydrogens is 201 g/mol. The van der Waals surface area contributed by atoms with E-state index in [-0.39, 0.29) is 12.5 Å². The fourth-order valence-corrected chi connectivity index (χ4v) is 2.63. The average molecular weight is 221 g/mol. The topological polar surface area (TPSA) is 41.3 Å². The summed E-state index contributed by atoms with van der Waals surface area (Å²) in [6, 6.07) is 0. The van der Waals surface area contributed by atoms with Crippen LogP contribution in [0.5, 0.6) is 0 Å². The van der Waals surface area contributed by atoms with Gasteiger partial charge in [-0.25, -0.2) is 4.98 Å². The molecule has 1 aromatic rings. The summed E-state index contributed by atoms with van der Waals surface area (Å²) in [5.41, 5.74) is 0.246. The normalized spacial score (nSPS) is 26.9. The van der Waals surface area contributed by atoms with Crippen molar-refractivity contribution in [3.63, 3.8) is 0 Å². The van der Waals surface area contributed by atoms with Crippen molar-refractivity contribution in [1.82, 2.24) is 14.4 Å². The maximum atomic E-state index is 9.64. The summed E-state index contributed by atoms with van der Waals surface area (Å²) in [7, 11) is -0.331. The molecule has 1 aliphatic rings. The molecule has 0 saturated carbocycles. The van der Waals surface area contributed by atoms with Gasteiger partial charge in [-0.2, -0.15) is 0 Å². The summed E-state index contributed by atoms with van der Waals surface area (Å²) in [6.07, 6.45) is 8.07. The molecule has 1 aromatic heterocycles. The van der Waals surface area contributed by atoms with Gasteiger partial charge in [0.15, 0.2) is 0 Å². The van der Waals surface area contributed by atoms with E-state index in [1.165, 1.54) is 6.42 Å². The highest BCUT2D eigenvalue weighted by Gasteiger charge is 2.33. The Morgan fingerprint density at radius 3 is 3.00 bits per heavy atom. The maximum absolute atomic E-state index is 9.64. The number of rotatable bonds is 3. The first-order valence-electron chi connectivity index (χ1n) is 5.97. The van der Waals surface area contributed by atoms with Crippen LogP contribution in [-0.4, -0.2) is 39.5 Å². The predicted molar refractivity (Wildman–Crippen MR) is 65.0 cm³/mol. The van der Waals surface area contributed by atoms with Gasteiger partial charge in [-0.1, -0.05) is 6.92 Å². The van der Waals surface area contributed by atoms with Gasteiger partial charge in [0.2, 0.25) is 0 Å². The van der Waals surface area contributed by atoms with E-state index in [4.69, 9.17) is 0 Å². The van der Waals surface area contributed by atoms with Crippen LogP contribution in [0.3, 0.4) is 0 Å². The number of nitrogens with zero attached hydrogens (tertiary/aromatic N) is 3. The summed E-state index contributed by atoms with van der Waals surface area (Å²) in [5, 5.41) is 9.64. The van der Waals surface area contributed by atoms with Crippen molar-refractivity contribution in [3.8, 4) is 0 Å². The number of piperidine rings is 1. The number of hydrogen-bond acceptors (Lipinski definition) is 3. The van der Waals surface area contributed by atoms with Crippen LogP contribution in [0.2, 0.25) is 6.82 Å². The first-order chi connectivity index (χ1) is 7.59. The van der Waals surface area contributed by atoms with Gasteiger partial charge in [0.1, 0.15) is 0 Å². The van der Waals surface area contributed by atoms with E-state index in [9.17, 15) is 5.02 Å². The second-order valence-electron chi connectivity index (χ2n) is 5.25. The van der Waals surface area contributed by atoms with Gasteiger partial charge >= 0.3 is 7.05 Å². The van der Waals surface area contributed by atoms with Gasteiger partial charge in [0.05, 0.1) is 6.33 Å². The largest absolute Gasteiger partial charge is 0.437 e. The molecule has 16 heavy (non-hydrogen) atoms. The van der Waals surface area contributed by atoms with Crippen LogP contribution < -0.4 is 0 Å². The van der Waals surface area contributed by atoms with Gasteiger partial charge in [-0.05, 0) is 38.2 Å². The average Bonchev–Trinajstić information content (AvgIpc) is 2.69. The molecule has 0 aromatic carbocycles. The summed E-state index contributed by atoms with van der Waals surface area (Å²) >= 11 is 0. The van der Waals surface area contributed by atoms with E-state index in [0.717, 1.165) is 26.1 Å². The lowest BCUT2D eigenvalue weighted by molar-refractivity contribution is 0.130. The van der Waals surface area contributed by atoms with Crippen molar-refractivity contribution in [3.05, 3.63) is 18.7 Å². The first kappa shape index (κ1) is 11.7. The zero-order chi connectivity index (χ0) is 11.6. The van der Waals surface area contributed by atoms with Crippen LogP contribution in [0.25, 0.3) is 0 Å². The Hall–Kier alpha value is -0.805. The highest BCUT2D eigenvalue weighted by atomic mass is 16.2. The standard InChI is InChI=1S/C11H20BN3O/c1-11(8-14-7-5-13-10-14)4-3-6-15(9-11)12(2)16/h5,7,10,16H,3-4,6,8-9H2,1-2H3. The van der Waals surface area contributed by atoms with Gasteiger partial charge in [0, 0.05) is 18.9 Å². The highest BCUT2D eigenvalue weighted by Crippen LogP contribution is 2.31. The first-order valence-corrected chi connectivity index (χ1v) is 5.97. The zero-order valence-electron chi connectivity index (χ0n) is 10.1.